The Bertz CT molecular complexity index is 1060. The first-order valence-electron chi connectivity index (χ1n) is 9.95. The minimum absolute atomic E-state index is 0.318. The van der Waals surface area contributed by atoms with Gasteiger partial charge in [-0.3, -0.25) is 4.98 Å². The fraction of sp³-hybridized carbons (Fsp3) is 0.409. The number of pyridine rings is 1. The van der Waals surface area contributed by atoms with Gasteiger partial charge < -0.3 is 14.8 Å². The molecule has 29 heavy (non-hydrogen) atoms. The van der Waals surface area contributed by atoms with Crippen molar-refractivity contribution in [1.29, 1.82) is 0 Å². The number of hydrogen-bond donors (Lipinski definition) is 1. The minimum Gasteiger partial charge on any atom is -0.496 e. The molecule has 7 heteroatoms. The molecule has 1 aromatic carbocycles. The fourth-order valence-electron chi connectivity index (χ4n) is 4.70. The van der Waals surface area contributed by atoms with Crippen LogP contribution in [0.4, 0.5) is 10.2 Å². The zero-order chi connectivity index (χ0) is 20.0. The Morgan fingerprint density at radius 1 is 1.14 bits per heavy atom. The molecule has 1 unspecified atom stereocenters. The van der Waals surface area contributed by atoms with Crippen LogP contribution < -0.4 is 10.1 Å². The molecular weight excluding hydrogens is 371 g/mol. The van der Waals surface area contributed by atoms with Crippen LogP contribution in [0.3, 0.4) is 0 Å². The van der Waals surface area contributed by atoms with E-state index in [1.54, 1.807) is 18.5 Å². The standard InChI is InChI=1S/C22H23FN4O2/c1-12-7-17(23)19(18(8-12)28-2)21-15-5-6-24-9-16(15)22(27-26-21)25-20-13-3-4-14(20)11-29-10-13/h5-9,13-14,20H,3-4,10-11H2,1-2H3,(H,25,27)/t13-,14+,20?. The first-order valence-corrected chi connectivity index (χ1v) is 9.95. The Kier molecular flexibility index (Phi) is 4.54. The van der Waals surface area contributed by atoms with Crippen molar-refractivity contribution < 1.29 is 13.9 Å². The van der Waals surface area contributed by atoms with E-state index in [1.165, 1.54) is 13.2 Å². The third-order valence-corrected chi connectivity index (χ3v) is 6.13. The van der Waals surface area contributed by atoms with Gasteiger partial charge in [0.15, 0.2) is 5.82 Å². The molecular formula is C22H23FN4O2. The number of nitrogens with zero attached hydrogens (tertiary/aromatic N) is 3. The topological polar surface area (TPSA) is 69.2 Å². The molecule has 3 aromatic rings. The Hall–Kier alpha value is -2.80. The van der Waals surface area contributed by atoms with E-state index < -0.39 is 0 Å². The summed E-state index contributed by atoms with van der Waals surface area (Å²) in [5.74, 6) is 1.72. The lowest BCUT2D eigenvalue weighted by molar-refractivity contribution is 0.0392. The smallest absolute Gasteiger partial charge is 0.158 e. The van der Waals surface area contributed by atoms with Gasteiger partial charge in [0.1, 0.15) is 17.3 Å². The highest BCUT2D eigenvalue weighted by Gasteiger charge is 2.40. The quantitative estimate of drug-likeness (QED) is 0.722. The molecule has 2 aliphatic rings. The number of rotatable bonds is 4. The van der Waals surface area contributed by atoms with Gasteiger partial charge >= 0.3 is 0 Å². The second-order valence-corrected chi connectivity index (χ2v) is 7.95. The molecule has 5 rings (SSSR count). The predicted molar refractivity (Wildman–Crippen MR) is 108 cm³/mol. The average molecular weight is 394 g/mol. The highest BCUT2D eigenvalue weighted by atomic mass is 19.1. The number of methoxy groups -OCH3 is 1. The summed E-state index contributed by atoms with van der Waals surface area (Å²) in [6.45, 7) is 3.39. The van der Waals surface area contributed by atoms with Crippen molar-refractivity contribution in [2.24, 2.45) is 11.8 Å². The Morgan fingerprint density at radius 2 is 1.93 bits per heavy atom. The lowest BCUT2D eigenvalue weighted by Gasteiger charge is -2.31. The van der Waals surface area contributed by atoms with Crippen LogP contribution in [-0.4, -0.2) is 41.5 Å². The molecule has 0 spiro atoms. The van der Waals surface area contributed by atoms with Crippen LogP contribution in [0.25, 0.3) is 22.0 Å². The number of hydrogen-bond acceptors (Lipinski definition) is 6. The molecule has 0 radical (unpaired) electrons. The van der Waals surface area contributed by atoms with Crippen LogP contribution in [0.5, 0.6) is 5.75 Å². The largest absolute Gasteiger partial charge is 0.496 e. The number of halogens is 1. The summed E-state index contributed by atoms with van der Waals surface area (Å²) in [7, 11) is 1.53. The van der Waals surface area contributed by atoms with Crippen molar-refractivity contribution in [3.8, 4) is 17.0 Å². The second-order valence-electron chi connectivity index (χ2n) is 7.95. The first kappa shape index (κ1) is 18.2. The lowest BCUT2D eigenvalue weighted by Crippen LogP contribution is -2.39. The molecule has 0 amide bonds. The van der Waals surface area contributed by atoms with E-state index in [0.717, 1.165) is 42.4 Å². The zero-order valence-corrected chi connectivity index (χ0v) is 16.5. The fourth-order valence-corrected chi connectivity index (χ4v) is 4.70. The van der Waals surface area contributed by atoms with Crippen molar-refractivity contribution in [3.05, 3.63) is 42.0 Å². The van der Waals surface area contributed by atoms with E-state index >= 15 is 0 Å². The molecule has 3 atom stereocenters. The number of nitrogens with one attached hydrogen (secondary N) is 1. The van der Waals surface area contributed by atoms with Crippen molar-refractivity contribution in [1.82, 2.24) is 15.2 Å². The molecule has 3 heterocycles. The number of benzene rings is 1. The van der Waals surface area contributed by atoms with E-state index in [-0.39, 0.29) is 5.82 Å². The predicted octanol–water partition coefficient (Wildman–Crippen LogP) is 3.98. The number of fused-ring (bicyclic) bond motifs is 3. The van der Waals surface area contributed by atoms with E-state index in [2.05, 4.69) is 20.5 Å². The van der Waals surface area contributed by atoms with Gasteiger partial charge in [0.05, 0.1) is 25.9 Å². The molecule has 2 bridgehead atoms. The summed E-state index contributed by atoms with van der Waals surface area (Å²) in [6.07, 6.45) is 5.77. The van der Waals surface area contributed by atoms with Gasteiger partial charge in [0.2, 0.25) is 0 Å². The summed E-state index contributed by atoms with van der Waals surface area (Å²) in [6, 6.07) is 5.46. The van der Waals surface area contributed by atoms with E-state index in [0.29, 0.717) is 40.7 Å². The van der Waals surface area contributed by atoms with Gasteiger partial charge in [-0.15, -0.1) is 10.2 Å². The molecule has 2 aromatic heterocycles. The summed E-state index contributed by atoms with van der Waals surface area (Å²) in [5, 5.41) is 14.1. The lowest BCUT2D eigenvalue weighted by atomic mass is 9.96. The number of aryl methyl sites for hydroxylation is 1. The minimum atomic E-state index is -0.377. The maximum absolute atomic E-state index is 14.9. The van der Waals surface area contributed by atoms with Gasteiger partial charge in [0, 0.05) is 41.0 Å². The van der Waals surface area contributed by atoms with Crippen LogP contribution in [0.1, 0.15) is 18.4 Å². The van der Waals surface area contributed by atoms with Crippen molar-refractivity contribution in [3.63, 3.8) is 0 Å². The van der Waals surface area contributed by atoms with E-state index in [4.69, 9.17) is 9.47 Å². The molecule has 1 saturated heterocycles. The average Bonchev–Trinajstić information content (AvgIpc) is 2.94. The Balaban J connectivity index is 1.61. The molecule has 2 fully saturated rings. The summed E-state index contributed by atoms with van der Waals surface area (Å²) in [4.78, 5) is 4.28. The molecule has 6 nitrogen and oxygen atoms in total. The summed E-state index contributed by atoms with van der Waals surface area (Å²) in [5.41, 5.74) is 1.56. The Morgan fingerprint density at radius 3 is 2.69 bits per heavy atom. The third kappa shape index (κ3) is 3.09. The number of anilines is 1. The third-order valence-electron chi connectivity index (χ3n) is 6.13. The first-order chi connectivity index (χ1) is 14.2. The number of aromatic nitrogens is 3. The second kappa shape index (κ2) is 7.22. The van der Waals surface area contributed by atoms with Gasteiger partial charge in [-0.25, -0.2) is 4.39 Å². The molecule has 1 saturated carbocycles. The molecule has 150 valence electrons. The van der Waals surface area contributed by atoms with Gasteiger partial charge in [-0.2, -0.15) is 0 Å². The maximum Gasteiger partial charge on any atom is 0.158 e. The van der Waals surface area contributed by atoms with Crippen LogP contribution in [-0.2, 0) is 4.74 Å². The molecule has 1 aliphatic heterocycles. The molecule has 1 N–H and O–H groups in total. The van der Waals surface area contributed by atoms with Crippen LogP contribution >= 0.6 is 0 Å². The van der Waals surface area contributed by atoms with Crippen LogP contribution in [0.15, 0.2) is 30.6 Å². The van der Waals surface area contributed by atoms with E-state index in [9.17, 15) is 4.39 Å². The summed E-state index contributed by atoms with van der Waals surface area (Å²) >= 11 is 0. The van der Waals surface area contributed by atoms with Crippen molar-refractivity contribution in [2.45, 2.75) is 25.8 Å². The highest BCUT2D eigenvalue weighted by Crippen LogP contribution is 2.40. The van der Waals surface area contributed by atoms with Gasteiger partial charge in [-0.1, -0.05) is 0 Å². The van der Waals surface area contributed by atoms with Crippen LogP contribution in [0, 0.1) is 24.6 Å². The highest BCUT2D eigenvalue weighted by molar-refractivity contribution is 6.00. The summed E-state index contributed by atoms with van der Waals surface area (Å²) < 4.78 is 26.0. The van der Waals surface area contributed by atoms with Crippen LogP contribution in [0.2, 0.25) is 0 Å². The zero-order valence-electron chi connectivity index (χ0n) is 16.5. The van der Waals surface area contributed by atoms with E-state index in [1.807, 2.05) is 13.0 Å². The number of ether oxygens (including phenoxy) is 2. The van der Waals surface area contributed by atoms with Gasteiger partial charge in [0.25, 0.3) is 0 Å². The van der Waals surface area contributed by atoms with Crippen molar-refractivity contribution in [2.75, 3.05) is 25.6 Å². The maximum atomic E-state index is 14.9. The Labute approximate surface area is 168 Å². The van der Waals surface area contributed by atoms with Crippen molar-refractivity contribution >= 4 is 16.6 Å². The SMILES string of the molecule is COc1cc(C)cc(F)c1-c1nnc(NC2[C@@H]3CC[C@H]2COC3)c2cnccc12. The normalized spacial score (nSPS) is 23.3. The monoisotopic (exact) mass is 394 g/mol. The van der Waals surface area contributed by atoms with Gasteiger partial charge in [-0.05, 0) is 43.5 Å². The molecule has 1 aliphatic carbocycles.